The molecule has 0 aromatic heterocycles. The average Bonchev–Trinajstić information content (AvgIpc) is 2.48. The molecule has 0 aliphatic heterocycles. The van der Waals surface area contributed by atoms with Crippen molar-refractivity contribution in [3.8, 4) is 0 Å². The molecule has 0 saturated carbocycles. The Hall–Kier alpha value is -1.70. The van der Waals surface area contributed by atoms with Crippen molar-refractivity contribution in [2.24, 2.45) is 0 Å². The molecule has 1 atom stereocenters. The Morgan fingerprint density at radius 2 is 1.52 bits per heavy atom. The van der Waals surface area contributed by atoms with Crippen LogP contribution in [-0.2, 0) is 19.1 Å². The van der Waals surface area contributed by atoms with Gasteiger partial charge in [0, 0.05) is 5.69 Å². The van der Waals surface area contributed by atoms with Crippen LogP contribution in [0.25, 0.3) is 0 Å². The first kappa shape index (κ1) is 15.7. The number of rotatable bonds is 5. The number of hydrogen-bond donors (Lipinski definition) is 1. The van der Waals surface area contributed by atoms with Gasteiger partial charge in [0.1, 0.15) is 0 Å². The maximum Gasteiger partial charge on any atom is 0.298 e. The van der Waals surface area contributed by atoms with Crippen molar-refractivity contribution < 1.29 is 17.4 Å². The third-order valence-corrected chi connectivity index (χ3v) is 4.64. The Morgan fingerprint density at radius 1 is 1.00 bits per heavy atom. The zero-order chi connectivity index (χ0) is 15.3. The Kier molecular flexibility index (Phi) is 5.11. The van der Waals surface area contributed by atoms with E-state index in [2.05, 4.69) is 21.2 Å². The molecule has 0 fully saturated rings. The highest BCUT2D eigenvalue weighted by atomic mass is 79.9. The van der Waals surface area contributed by atoms with Crippen LogP contribution in [0.5, 0.6) is 0 Å². The summed E-state index contributed by atoms with van der Waals surface area (Å²) in [6.45, 7) is 0. The lowest BCUT2D eigenvalue weighted by atomic mass is 10.3. The third kappa shape index (κ3) is 4.38. The molecule has 0 spiro atoms. The fourth-order valence-corrected chi connectivity index (χ4v) is 3.15. The summed E-state index contributed by atoms with van der Waals surface area (Å²) in [5, 5.41) is 1.22. The van der Waals surface area contributed by atoms with Gasteiger partial charge in [0.05, 0.1) is 4.90 Å². The van der Waals surface area contributed by atoms with Gasteiger partial charge < -0.3 is 5.32 Å². The van der Waals surface area contributed by atoms with Crippen LogP contribution in [0.1, 0.15) is 0 Å². The van der Waals surface area contributed by atoms with Crippen molar-refractivity contribution in [2.45, 2.75) is 9.91 Å². The minimum atomic E-state index is -4.00. The summed E-state index contributed by atoms with van der Waals surface area (Å²) in [5.74, 6) is -0.610. The summed E-state index contributed by atoms with van der Waals surface area (Å²) in [6.07, 6.45) is 0. The fourth-order valence-electron chi connectivity index (χ4n) is 1.52. The van der Waals surface area contributed by atoms with Gasteiger partial charge in [-0.1, -0.05) is 36.4 Å². The van der Waals surface area contributed by atoms with Gasteiger partial charge in [-0.05, 0) is 40.2 Å². The van der Waals surface area contributed by atoms with Crippen LogP contribution in [0.15, 0.2) is 65.6 Å². The van der Waals surface area contributed by atoms with Crippen LogP contribution < -0.4 is 5.32 Å². The Labute approximate surface area is 131 Å². The van der Waals surface area contributed by atoms with E-state index in [-0.39, 0.29) is 4.90 Å². The summed E-state index contributed by atoms with van der Waals surface area (Å²) >= 11 is 2.92. The first-order chi connectivity index (χ1) is 9.99. The molecule has 2 aromatic carbocycles. The van der Waals surface area contributed by atoms with Crippen molar-refractivity contribution in [1.82, 2.24) is 0 Å². The highest BCUT2D eigenvalue weighted by molar-refractivity contribution is 9.09. The van der Waals surface area contributed by atoms with Crippen LogP contribution in [0.4, 0.5) is 5.69 Å². The van der Waals surface area contributed by atoms with Gasteiger partial charge in [0.2, 0.25) is 5.01 Å². The highest BCUT2D eigenvalue weighted by Crippen LogP contribution is 2.17. The molecular formula is C14H12BrNO4S. The van der Waals surface area contributed by atoms with E-state index in [1.54, 1.807) is 48.5 Å². The number of halogens is 1. The molecular weight excluding hydrogens is 358 g/mol. The normalized spacial score (nSPS) is 12.6. The van der Waals surface area contributed by atoms with E-state index in [4.69, 9.17) is 4.18 Å². The van der Waals surface area contributed by atoms with Gasteiger partial charge in [-0.3, -0.25) is 4.79 Å². The van der Waals surface area contributed by atoms with Gasteiger partial charge in [0.15, 0.2) is 0 Å². The molecule has 0 aliphatic carbocycles. The van der Waals surface area contributed by atoms with Crippen LogP contribution in [0.2, 0.25) is 0 Å². The smallest absolute Gasteiger partial charge is 0.298 e. The Bertz CT molecular complexity index is 704. The zero-order valence-corrected chi connectivity index (χ0v) is 13.2. The maximum absolute atomic E-state index is 12.0. The molecule has 1 unspecified atom stereocenters. The molecule has 1 amide bonds. The van der Waals surface area contributed by atoms with E-state index >= 15 is 0 Å². The molecule has 0 bridgehead atoms. The lowest BCUT2D eigenvalue weighted by Gasteiger charge is -2.12. The molecule has 2 rings (SSSR count). The van der Waals surface area contributed by atoms with Crippen LogP contribution in [0, 0.1) is 0 Å². The first-order valence-electron chi connectivity index (χ1n) is 5.97. The highest BCUT2D eigenvalue weighted by Gasteiger charge is 2.25. The lowest BCUT2D eigenvalue weighted by Crippen LogP contribution is -2.27. The zero-order valence-electron chi connectivity index (χ0n) is 10.8. The van der Waals surface area contributed by atoms with E-state index in [9.17, 15) is 13.2 Å². The Balaban J connectivity index is 2.04. The number of carbonyl (C=O) groups excluding carboxylic acids is 1. The summed E-state index contributed by atoms with van der Waals surface area (Å²) in [5.41, 5.74) is 0.549. The monoisotopic (exact) mass is 369 g/mol. The minimum absolute atomic E-state index is 0.0121. The minimum Gasteiger partial charge on any atom is -0.323 e. The second kappa shape index (κ2) is 6.84. The van der Waals surface area contributed by atoms with Crippen molar-refractivity contribution >= 4 is 37.6 Å². The van der Waals surface area contributed by atoms with Crippen molar-refractivity contribution in [2.75, 3.05) is 5.32 Å². The average molecular weight is 370 g/mol. The van der Waals surface area contributed by atoms with Gasteiger partial charge >= 0.3 is 0 Å². The van der Waals surface area contributed by atoms with E-state index in [0.29, 0.717) is 5.69 Å². The number of amides is 1. The van der Waals surface area contributed by atoms with Crippen molar-refractivity contribution in [3.63, 3.8) is 0 Å². The summed E-state index contributed by atoms with van der Waals surface area (Å²) in [7, 11) is -4.00. The van der Waals surface area contributed by atoms with Gasteiger partial charge in [0.25, 0.3) is 16.0 Å². The first-order valence-corrected chi connectivity index (χ1v) is 8.30. The summed E-state index contributed by atoms with van der Waals surface area (Å²) < 4.78 is 28.8. The predicted octanol–water partition coefficient (Wildman–Crippen LogP) is 2.75. The summed E-state index contributed by atoms with van der Waals surface area (Å²) in [6, 6.07) is 16.3. The molecule has 0 radical (unpaired) electrons. The molecule has 110 valence electrons. The molecule has 0 heterocycles. The van der Waals surface area contributed by atoms with Crippen LogP contribution in [0.3, 0.4) is 0 Å². The van der Waals surface area contributed by atoms with E-state index in [1.165, 1.54) is 12.1 Å². The molecule has 5 nitrogen and oxygen atoms in total. The molecule has 2 aromatic rings. The van der Waals surface area contributed by atoms with E-state index < -0.39 is 21.0 Å². The molecule has 7 heteroatoms. The van der Waals surface area contributed by atoms with E-state index in [1.807, 2.05) is 0 Å². The number of benzene rings is 2. The number of alkyl halides is 1. The number of hydrogen-bond acceptors (Lipinski definition) is 4. The van der Waals surface area contributed by atoms with Crippen molar-refractivity contribution in [1.29, 1.82) is 0 Å². The maximum atomic E-state index is 12.0. The third-order valence-electron chi connectivity index (χ3n) is 2.49. The fraction of sp³-hybridized carbons (Fsp3) is 0.0714. The standard InChI is InChI=1S/C14H12BrNO4S/c15-13(14(17)16-11-7-3-1-4-8-11)20-21(18,19)12-9-5-2-6-10-12/h1-10,13H,(H,16,17). The van der Waals surface area contributed by atoms with E-state index in [0.717, 1.165) is 0 Å². The number of anilines is 1. The van der Waals surface area contributed by atoms with Gasteiger partial charge in [-0.2, -0.15) is 8.42 Å². The predicted molar refractivity (Wildman–Crippen MR) is 82.5 cm³/mol. The number of carbonyl (C=O) groups is 1. The quantitative estimate of drug-likeness (QED) is 0.649. The van der Waals surface area contributed by atoms with Crippen LogP contribution in [-0.4, -0.2) is 19.3 Å². The number of nitrogens with one attached hydrogen (secondary N) is 1. The topological polar surface area (TPSA) is 72.5 Å². The van der Waals surface area contributed by atoms with Gasteiger partial charge in [-0.15, -0.1) is 0 Å². The Morgan fingerprint density at radius 3 is 2.10 bits per heavy atom. The van der Waals surface area contributed by atoms with Crippen LogP contribution >= 0.6 is 15.9 Å². The van der Waals surface area contributed by atoms with Gasteiger partial charge in [-0.25, -0.2) is 4.18 Å². The lowest BCUT2D eigenvalue weighted by molar-refractivity contribution is -0.119. The summed E-state index contributed by atoms with van der Waals surface area (Å²) in [4.78, 5) is 11.9. The molecule has 21 heavy (non-hydrogen) atoms. The second-order valence-electron chi connectivity index (χ2n) is 4.03. The van der Waals surface area contributed by atoms with Crippen molar-refractivity contribution in [3.05, 3.63) is 60.7 Å². The molecule has 1 N–H and O–H groups in total. The second-order valence-corrected chi connectivity index (χ2v) is 6.44. The largest absolute Gasteiger partial charge is 0.323 e. The number of para-hydroxylation sites is 1. The molecule has 0 saturated heterocycles. The molecule has 0 aliphatic rings. The SMILES string of the molecule is O=C(Nc1ccccc1)C(Br)OS(=O)(=O)c1ccccc1.